The van der Waals surface area contributed by atoms with Gasteiger partial charge in [0.1, 0.15) is 5.75 Å². The molecule has 0 aliphatic carbocycles. The van der Waals surface area contributed by atoms with Crippen molar-refractivity contribution in [1.82, 2.24) is 29.8 Å². The molecule has 0 amide bonds. The molecule has 3 heterocycles. The molecule has 0 atom stereocenters. The SMILES string of the molecule is COc1ccc(-n2nnnc2SCC(=O)c2cc(C)n(-c3nccs3)c2C)cc1. The van der Waals surface area contributed by atoms with Gasteiger partial charge in [0.2, 0.25) is 5.16 Å². The van der Waals surface area contributed by atoms with Gasteiger partial charge in [-0.2, -0.15) is 4.68 Å². The van der Waals surface area contributed by atoms with Gasteiger partial charge in [0.05, 0.1) is 18.6 Å². The van der Waals surface area contributed by atoms with Crippen LogP contribution >= 0.6 is 23.1 Å². The van der Waals surface area contributed by atoms with Gasteiger partial charge in [0.25, 0.3) is 0 Å². The fourth-order valence-corrected chi connectivity index (χ4v) is 4.55. The lowest BCUT2D eigenvalue weighted by atomic mass is 10.2. The Morgan fingerprint density at radius 2 is 2.03 bits per heavy atom. The van der Waals surface area contributed by atoms with Crippen LogP contribution in [0.3, 0.4) is 0 Å². The molecule has 148 valence electrons. The van der Waals surface area contributed by atoms with E-state index in [4.69, 9.17) is 4.74 Å². The van der Waals surface area contributed by atoms with Crippen molar-refractivity contribution in [3.63, 3.8) is 0 Å². The van der Waals surface area contributed by atoms with Crippen LogP contribution < -0.4 is 4.74 Å². The molecule has 0 radical (unpaired) electrons. The molecule has 0 unspecified atom stereocenters. The summed E-state index contributed by atoms with van der Waals surface area (Å²) >= 11 is 2.85. The highest BCUT2D eigenvalue weighted by Crippen LogP contribution is 2.25. The summed E-state index contributed by atoms with van der Waals surface area (Å²) in [4.78, 5) is 17.2. The number of thiazole rings is 1. The van der Waals surface area contributed by atoms with Crippen LogP contribution in [0.5, 0.6) is 5.75 Å². The Morgan fingerprint density at radius 1 is 1.24 bits per heavy atom. The Hall–Kier alpha value is -2.98. The molecule has 0 spiro atoms. The maximum atomic E-state index is 12.9. The zero-order valence-electron chi connectivity index (χ0n) is 16.1. The van der Waals surface area contributed by atoms with E-state index in [1.54, 1.807) is 18.0 Å². The minimum atomic E-state index is 0.0233. The van der Waals surface area contributed by atoms with Crippen molar-refractivity contribution in [2.75, 3.05) is 12.9 Å². The van der Waals surface area contributed by atoms with Crippen LogP contribution in [0.15, 0.2) is 47.1 Å². The second kappa shape index (κ2) is 8.18. The van der Waals surface area contributed by atoms with Crippen LogP contribution in [-0.4, -0.2) is 48.4 Å². The predicted molar refractivity (Wildman–Crippen MR) is 112 cm³/mol. The zero-order valence-corrected chi connectivity index (χ0v) is 17.7. The second-order valence-electron chi connectivity index (χ2n) is 6.22. The summed E-state index contributed by atoms with van der Waals surface area (Å²) in [7, 11) is 1.62. The normalized spacial score (nSPS) is 11.0. The predicted octanol–water partition coefficient (Wildman–Crippen LogP) is 3.51. The summed E-state index contributed by atoms with van der Waals surface area (Å²) in [6.45, 7) is 3.91. The van der Waals surface area contributed by atoms with E-state index in [0.717, 1.165) is 28.0 Å². The highest BCUT2D eigenvalue weighted by Gasteiger charge is 2.19. The summed E-state index contributed by atoms with van der Waals surface area (Å²) < 4.78 is 8.79. The number of methoxy groups -OCH3 is 1. The minimum absolute atomic E-state index is 0.0233. The molecular weight excluding hydrogens is 408 g/mol. The first-order valence-electron chi connectivity index (χ1n) is 8.76. The number of hydrogen-bond donors (Lipinski definition) is 0. The van der Waals surface area contributed by atoms with Gasteiger partial charge in [-0.1, -0.05) is 11.8 Å². The molecule has 0 saturated heterocycles. The third-order valence-electron chi connectivity index (χ3n) is 4.43. The number of carbonyl (C=O) groups excluding carboxylic acids is 1. The fraction of sp³-hybridized carbons (Fsp3) is 0.211. The number of ether oxygens (including phenoxy) is 1. The highest BCUT2D eigenvalue weighted by molar-refractivity contribution is 7.99. The number of nitrogens with zero attached hydrogens (tertiary/aromatic N) is 6. The molecule has 0 N–H and O–H groups in total. The van der Waals surface area contributed by atoms with Crippen LogP contribution in [0.4, 0.5) is 0 Å². The third-order valence-corrected chi connectivity index (χ3v) is 6.11. The van der Waals surface area contributed by atoms with E-state index in [9.17, 15) is 4.79 Å². The molecule has 1 aromatic carbocycles. The zero-order chi connectivity index (χ0) is 20.4. The monoisotopic (exact) mass is 426 g/mol. The molecular formula is C19H18N6O2S2. The van der Waals surface area contributed by atoms with Gasteiger partial charge < -0.3 is 4.74 Å². The topological polar surface area (TPSA) is 87.7 Å². The summed E-state index contributed by atoms with van der Waals surface area (Å²) in [6.07, 6.45) is 1.76. The quantitative estimate of drug-likeness (QED) is 0.330. The van der Waals surface area contributed by atoms with E-state index in [-0.39, 0.29) is 11.5 Å². The van der Waals surface area contributed by atoms with Gasteiger partial charge in [-0.25, -0.2) is 4.98 Å². The lowest BCUT2D eigenvalue weighted by molar-refractivity contribution is 0.102. The van der Waals surface area contributed by atoms with Gasteiger partial charge in [0.15, 0.2) is 10.9 Å². The van der Waals surface area contributed by atoms with Crippen molar-refractivity contribution in [2.45, 2.75) is 19.0 Å². The summed E-state index contributed by atoms with van der Waals surface area (Å²) in [6, 6.07) is 9.31. The molecule has 3 aromatic heterocycles. The summed E-state index contributed by atoms with van der Waals surface area (Å²) in [5.74, 6) is 1.01. The van der Waals surface area contributed by atoms with Crippen molar-refractivity contribution in [3.8, 4) is 16.6 Å². The van der Waals surface area contributed by atoms with E-state index in [0.29, 0.717) is 10.7 Å². The van der Waals surface area contributed by atoms with Crippen molar-refractivity contribution in [2.24, 2.45) is 0 Å². The lowest BCUT2D eigenvalue weighted by Gasteiger charge is -2.06. The Morgan fingerprint density at radius 3 is 2.72 bits per heavy atom. The lowest BCUT2D eigenvalue weighted by Crippen LogP contribution is -2.07. The number of aromatic nitrogens is 6. The number of aryl methyl sites for hydroxylation is 1. The van der Waals surface area contributed by atoms with Gasteiger partial charge in [0, 0.05) is 28.5 Å². The van der Waals surface area contributed by atoms with E-state index < -0.39 is 0 Å². The molecule has 4 aromatic rings. The van der Waals surface area contributed by atoms with Gasteiger partial charge in [-0.3, -0.25) is 9.36 Å². The van der Waals surface area contributed by atoms with Crippen molar-refractivity contribution in [3.05, 3.63) is 58.9 Å². The Bertz CT molecular complexity index is 1130. The first kappa shape index (κ1) is 19.3. The molecule has 0 aliphatic rings. The van der Waals surface area contributed by atoms with E-state index in [1.165, 1.54) is 23.1 Å². The smallest absolute Gasteiger partial charge is 0.214 e. The maximum Gasteiger partial charge on any atom is 0.214 e. The molecule has 0 saturated carbocycles. The Kier molecular flexibility index (Phi) is 5.45. The molecule has 0 fully saturated rings. The minimum Gasteiger partial charge on any atom is -0.497 e. The average molecular weight is 427 g/mol. The molecule has 10 heteroatoms. The van der Waals surface area contributed by atoms with Crippen molar-refractivity contribution in [1.29, 1.82) is 0 Å². The van der Waals surface area contributed by atoms with Crippen LogP contribution in [0.25, 0.3) is 10.8 Å². The van der Waals surface area contributed by atoms with Crippen molar-refractivity contribution < 1.29 is 9.53 Å². The largest absolute Gasteiger partial charge is 0.497 e. The summed E-state index contributed by atoms with van der Waals surface area (Å²) in [5.41, 5.74) is 3.35. The Labute approximate surface area is 175 Å². The maximum absolute atomic E-state index is 12.9. The second-order valence-corrected chi connectivity index (χ2v) is 8.03. The van der Waals surface area contributed by atoms with E-state index >= 15 is 0 Å². The van der Waals surface area contributed by atoms with Crippen LogP contribution in [-0.2, 0) is 0 Å². The average Bonchev–Trinajstić information content (AvgIpc) is 3.47. The first-order chi connectivity index (χ1) is 14.1. The van der Waals surface area contributed by atoms with E-state index in [2.05, 4.69) is 20.5 Å². The number of rotatable bonds is 7. The number of thioether (sulfide) groups is 1. The molecule has 8 nitrogen and oxygen atoms in total. The third kappa shape index (κ3) is 3.81. The van der Waals surface area contributed by atoms with Gasteiger partial charge in [-0.15, -0.1) is 16.4 Å². The number of Topliss-reactive ketones (excluding diaryl/α,β-unsaturated/α-hetero) is 1. The van der Waals surface area contributed by atoms with Gasteiger partial charge >= 0.3 is 0 Å². The highest BCUT2D eigenvalue weighted by atomic mass is 32.2. The van der Waals surface area contributed by atoms with Crippen LogP contribution in [0.2, 0.25) is 0 Å². The number of benzene rings is 1. The van der Waals surface area contributed by atoms with Crippen molar-refractivity contribution >= 4 is 28.9 Å². The molecule has 29 heavy (non-hydrogen) atoms. The molecule has 4 rings (SSSR count). The van der Waals surface area contributed by atoms with Crippen LogP contribution in [0, 0.1) is 13.8 Å². The molecule has 0 aliphatic heterocycles. The standard InChI is InChI=1S/C19H18N6O2S2/c1-12-10-16(13(2)24(12)18-20-8-9-28-18)17(26)11-29-19-21-22-23-25(19)14-4-6-15(27-3)7-5-14/h4-10H,11H2,1-3H3. The number of tetrazole rings is 1. The first-order valence-corrected chi connectivity index (χ1v) is 10.6. The summed E-state index contributed by atoms with van der Waals surface area (Å²) in [5, 5.41) is 15.2. The van der Waals surface area contributed by atoms with Gasteiger partial charge in [-0.05, 0) is 54.6 Å². The number of carbonyl (C=O) groups is 1. The number of hydrogen-bond acceptors (Lipinski definition) is 8. The van der Waals surface area contributed by atoms with E-state index in [1.807, 2.05) is 54.1 Å². The number of ketones is 1. The molecule has 0 bridgehead atoms. The fourth-order valence-electron chi connectivity index (χ4n) is 3.03. The Balaban J connectivity index is 1.51. The van der Waals surface area contributed by atoms with Crippen LogP contribution in [0.1, 0.15) is 21.7 Å².